The number of benzene rings is 2. The minimum atomic E-state index is -0.215. The molecule has 0 spiro atoms. The predicted octanol–water partition coefficient (Wildman–Crippen LogP) is 4.04. The van der Waals surface area contributed by atoms with Gasteiger partial charge in [-0.1, -0.05) is 24.3 Å². The average Bonchev–Trinajstić information content (AvgIpc) is 3.31. The molecular weight excluding hydrogens is 268 g/mol. The van der Waals surface area contributed by atoms with Crippen LogP contribution in [-0.4, -0.2) is 12.6 Å². The summed E-state index contributed by atoms with van der Waals surface area (Å²) in [5.41, 5.74) is 2.22. The van der Waals surface area contributed by atoms with Gasteiger partial charge in [-0.2, -0.15) is 0 Å². The zero-order valence-corrected chi connectivity index (χ0v) is 11.9. The third kappa shape index (κ3) is 4.11. The van der Waals surface area contributed by atoms with E-state index in [-0.39, 0.29) is 17.6 Å². The molecular formula is C18H19F2N. The van der Waals surface area contributed by atoms with Crippen LogP contribution in [0.25, 0.3) is 0 Å². The summed E-state index contributed by atoms with van der Waals surface area (Å²) < 4.78 is 26.1. The van der Waals surface area contributed by atoms with Crippen LogP contribution < -0.4 is 5.32 Å². The van der Waals surface area contributed by atoms with Crippen molar-refractivity contribution in [2.75, 3.05) is 6.54 Å². The number of hydrogen-bond donors (Lipinski definition) is 1. The molecule has 110 valence electrons. The van der Waals surface area contributed by atoms with Gasteiger partial charge < -0.3 is 5.32 Å². The van der Waals surface area contributed by atoms with E-state index in [4.69, 9.17) is 0 Å². The fourth-order valence-electron chi connectivity index (χ4n) is 2.54. The highest BCUT2D eigenvalue weighted by molar-refractivity contribution is 5.25. The molecule has 1 nitrogen and oxygen atoms in total. The minimum absolute atomic E-state index is 0.213. The number of halogens is 2. The van der Waals surface area contributed by atoms with Crippen LogP contribution in [0.3, 0.4) is 0 Å². The summed E-state index contributed by atoms with van der Waals surface area (Å²) >= 11 is 0. The van der Waals surface area contributed by atoms with Crippen molar-refractivity contribution in [1.29, 1.82) is 0 Å². The van der Waals surface area contributed by atoms with Gasteiger partial charge >= 0.3 is 0 Å². The van der Waals surface area contributed by atoms with Gasteiger partial charge in [-0.15, -0.1) is 0 Å². The van der Waals surface area contributed by atoms with E-state index in [1.54, 1.807) is 0 Å². The second kappa shape index (κ2) is 6.35. The summed E-state index contributed by atoms with van der Waals surface area (Å²) in [6, 6.07) is 14.0. The van der Waals surface area contributed by atoms with E-state index in [1.165, 1.54) is 37.1 Å². The highest BCUT2D eigenvalue weighted by Gasteiger charge is 2.22. The van der Waals surface area contributed by atoms with Crippen molar-refractivity contribution < 1.29 is 8.78 Å². The highest BCUT2D eigenvalue weighted by atomic mass is 19.1. The van der Waals surface area contributed by atoms with E-state index in [0.717, 1.165) is 24.1 Å². The summed E-state index contributed by atoms with van der Waals surface area (Å²) in [6.07, 6.45) is 3.31. The number of rotatable bonds is 6. The van der Waals surface area contributed by atoms with E-state index < -0.39 is 0 Å². The smallest absolute Gasteiger partial charge is 0.123 e. The second-order valence-corrected chi connectivity index (χ2v) is 5.76. The number of hydrogen-bond acceptors (Lipinski definition) is 1. The lowest BCUT2D eigenvalue weighted by Crippen LogP contribution is -2.24. The molecule has 2 aromatic rings. The van der Waals surface area contributed by atoms with Crippen molar-refractivity contribution in [1.82, 2.24) is 5.32 Å². The molecule has 0 heterocycles. The van der Waals surface area contributed by atoms with Gasteiger partial charge in [-0.3, -0.25) is 0 Å². The lowest BCUT2D eigenvalue weighted by atomic mass is 9.92. The van der Waals surface area contributed by atoms with Crippen molar-refractivity contribution in [2.45, 2.75) is 31.2 Å². The monoisotopic (exact) mass is 287 g/mol. The van der Waals surface area contributed by atoms with Gasteiger partial charge in [0.1, 0.15) is 11.6 Å². The molecule has 1 N–H and O–H groups in total. The molecule has 0 saturated heterocycles. The SMILES string of the molecule is Fc1ccc(CC(CNC2CC2)c2ccc(F)cc2)cc1. The van der Waals surface area contributed by atoms with E-state index in [0.29, 0.717) is 6.04 Å². The topological polar surface area (TPSA) is 12.0 Å². The lowest BCUT2D eigenvalue weighted by molar-refractivity contribution is 0.573. The molecule has 1 fully saturated rings. The molecule has 21 heavy (non-hydrogen) atoms. The van der Waals surface area contributed by atoms with Gasteiger partial charge in [0.15, 0.2) is 0 Å². The Bertz CT molecular complexity index is 573. The Morgan fingerprint density at radius 1 is 0.905 bits per heavy atom. The van der Waals surface area contributed by atoms with Crippen molar-refractivity contribution in [3.63, 3.8) is 0 Å². The highest BCUT2D eigenvalue weighted by Crippen LogP contribution is 2.24. The van der Waals surface area contributed by atoms with E-state index in [2.05, 4.69) is 5.32 Å². The molecule has 3 rings (SSSR count). The maximum Gasteiger partial charge on any atom is 0.123 e. The Kier molecular flexibility index (Phi) is 4.30. The molecule has 0 bridgehead atoms. The Morgan fingerprint density at radius 2 is 1.48 bits per heavy atom. The summed E-state index contributed by atoms with van der Waals surface area (Å²) in [5.74, 6) is -0.153. The summed E-state index contributed by atoms with van der Waals surface area (Å²) in [5, 5.41) is 3.53. The second-order valence-electron chi connectivity index (χ2n) is 5.76. The molecule has 0 radical (unpaired) electrons. The molecule has 1 atom stereocenters. The Balaban J connectivity index is 1.73. The first-order valence-electron chi connectivity index (χ1n) is 7.44. The third-order valence-electron chi connectivity index (χ3n) is 3.97. The van der Waals surface area contributed by atoms with Crippen LogP contribution in [-0.2, 0) is 6.42 Å². The predicted molar refractivity (Wildman–Crippen MR) is 80.3 cm³/mol. The molecule has 1 aliphatic rings. The Labute approximate surface area is 124 Å². The van der Waals surface area contributed by atoms with Crippen LogP contribution in [0, 0.1) is 11.6 Å². The quantitative estimate of drug-likeness (QED) is 0.845. The van der Waals surface area contributed by atoms with Crippen LogP contribution in [0.2, 0.25) is 0 Å². The summed E-state index contributed by atoms with van der Waals surface area (Å²) in [4.78, 5) is 0. The van der Waals surface area contributed by atoms with Gasteiger partial charge in [0.25, 0.3) is 0 Å². The Hall–Kier alpha value is -1.74. The Morgan fingerprint density at radius 3 is 2.05 bits per heavy atom. The molecule has 3 heteroatoms. The first-order valence-corrected chi connectivity index (χ1v) is 7.44. The third-order valence-corrected chi connectivity index (χ3v) is 3.97. The fraction of sp³-hybridized carbons (Fsp3) is 0.333. The molecule has 1 saturated carbocycles. The van der Waals surface area contributed by atoms with E-state index in [9.17, 15) is 8.78 Å². The molecule has 1 unspecified atom stereocenters. The van der Waals surface area contributed by atoms with Crippen LogP contribution in [0.1, 0.15) is 29.9 Å². The van der Waals surface area contributed by atoms with Crippen molar-refractivity contribution in [3.8, 4) is 0 Å². The zero-order valence-electron chi connectivity index (χ0n) is 11.9. The standard InChI is InChI=1S/C18H19F2N/c19-16-5-1-13(2-6-16)11-15(12-21-18-9-10-18)14-3-7-17(20)8-4-14/h1-8,15,18,21H,9-12H2. The van der Waals surface area contributed by atoms with Crippen molar-refractivity contribution in [3.05, 3.63) is 71.3 Å². The van der Waals surface area contributed by atoms with Gasteiger partial charge in [-0.05, 0) is 54.7 Å². The average molecular weight is 287 g/mol. The van der Waals surface area contributed by atoms with Gasteiger partial charge in [0, 0.05) is 18.5 Å². The van der Waals surface area contributed by atoms with Gasteiger partial charge in [-0.25, -0.2) is 8.78 Å². The minimum Gasteiger partial charge on any atom is -0.313 e. The van der Waals surface area contributed by atoms with Crippen LogP contribution in [0.5, 0.6) is 0 Å². The summed E-state index contributed by atoms with van der Waals surface area (Å²) in [7, 11) is 0. The fourth-order valence-corrected chi connectivity index (χ4v) is 2.54. The maximum atomic E-state index is 13.1. The number of nitrogens with one attached hydrogen (secondary N) is 1. The zero-order chi connectivity index (χ0) is 14.7. The molecule has 1 aliphatic carbocycles. The van der Waals surface area contributed by atoms with E-state index in [1.807, 2.05) is 24.3 Å². The van der Waals surface area contributed by atoms with Crippen LogP contribution in [0.15, 0.2) is 48.5 Å². The molecule has 0 aliphatic heterocycles. The first-order chi connectivity index (χ1) is 10.2. The van der Waals surface area contributed by atoms with Crippen molar-refractivity contribution in [2.24, 2.45) is 0 Å². The largest absolute Gasteiger partial charge is 0.313 e. The maximum absolute atomic E-state index is 13.1. The van der Waals surface area contributed by atoms with Crippen LogP contribution in [0.4, 0.5) is 8.78 Å². The molecule has 0 aromatic heterocycles. The van der Waals surface area contributed by atoms with Gasteiger partial charge in [0.2, 0.25) is 0 Å². The molecule has 2 aromatic carbocycles. The van der Waals surface area contributed by atoms with Gasteiger partial charge in [0.05, 0.1) is 0 Å². The normalized spacial score (nSPS) is 15.9. The summed E-state index contributed by atoms with van der Waals surface area (Å²) in [6.45, 7) is 0.869. The first kappa shape index (κ1) is 14.2. The molecule has 0 amide bonds. The van der Waals surface area contributed by atoms with E-state index >= 15 is 0 Å². The van der Waals surface area contributed by atoms with Crippen LogP contribution >= 0.6 is 0 Å². The van der Waals surface area contributed by atoms with Crippen molar-refractivity contribution >= 4 is 0 Å². The lowest BCUT2D eigenvalue weighted by Gasteiger charge is -2.18.